The smallest absolute Gasteiger partial charge is 0.127 e. The van der Waals surface area contributed by atoms with Crippen LogP contribution in [-0.4, -0.2) is 33.6 Å². The van der Waals surface area contributed by atoms with E-state index in [1.807, 2.05) is 19.1 Å². The Morgan fingerprint density at radius 2 is 2.19 bits per heavy atom. The topological polar surface area (TPSA) is 21.1 Å². The van der Waals surface area contributed by atoms with Gasteiger partial charge in [-0.05, 0) is 38.4 Å². The molecule has 0 saturated heterocycles. The molecule has 0 aliphatic heterocycles. The number of likely N-dealkylation sites (N-methyl/N-ethyl adjacent to an activating group) is 1. The summed E-state index contributed by atoms with van der Waals surface area (Å²) in [5, 5.41) is 0.573. The Morgan fingerprint density at radius 3 is 2.81 bits per heavy atom. The van der Waals surface area contributed by atoms with Gasteiger partial charge in [-0.2, -0.15) is 0 Å². The molecule has 3 rings (SSSR count). The number of alkyl halides is 1. The summed E-state index contributed by atoms with van der Waals surface area (Å²) in [6, 6.07) is 6.71. The standard InChI is InChI=1S/C16H21Cl2N3/c1-3-20(12-7-8-12)9-10-21-14-6-4-5-13(18)15(14)19-16(21)11(2)17/h4-6,11-12H,3,7-10H2,1-2H3. The number of rotatable bonds is 6. The summed E-state index contributed by atoms with van der Waals surface area (Å²) in [5.41, 5.74) is 1.94. The van der Waals surface area contributed by atoms with E-state index in [4.69, 9.17) is 23.2 Å². The highest BCUT2D eigenvalue weighted by Crippen LogP contribution is 2.30. The number of hydrogen-bond acceptors (Lipinski definition) is 2. The van der Waals surface area contributed by atoms with Crippen LogP contribution in [0, 0.1) is 0 Å². The first-order valence-corrected chi connectivity index (χ1v) is 8.46. The molecule has 3 nitrogen and oxygen atoms in total. The third-order valence-corrected chi connectivity index (χ3v) is 4.70. The van der Waals surface area contributed by atoms with Crippen LogP contribution in [0.2, 0.25) is 5.02 Å². The van der Waals surface area contributed by atoms with Crippen molar-refractivity contribution in [1.29, 1.82) is 0 Å². The molecule has 1 atom stereocenters. The maximum atomic E-state index is 6.32. The van der Waals surface area contributed by atoms with Gasteiger partial charge in [-0.1, -0.05) is 24.6 Å². The van der Waals surface area contributed by atoms with Crippen LogP contribution in [0.5, 0.6) is 0 Å². The summed E-state index contributed by atoms with van der Waals surface area (Å²) in [5.74, 6) is 0.909. The molecule has 1 aromatic heterocycles. The molecule has 114 valence electrons. The number of para-hydroxylation sites is 1. The van der Waals surface area contributed by atoms with Gasteiger partial charge in [-0.25, -0.2) is 4.98 Å². The highest BCUT2D eigenvalue weighted by molar-refractivity contribution is 6.35. The summed E-state index contributed by atoms with van der Waals surface area (Å²) in [4.78, 5) is 7.20. The van der Waals surface area contributed by atoms with Gasteiger partial charge in [-0.3, -0.25) is 4.90 Å². The van der Waals surface area contributed by atoms with Crippen LogP contribution in [0.1, 0.15) is 37.9 Å². The van der Waals surface area contributed by atoms with Gasteiger partial charge in [-0.15, -0.1) is 11.6 Å². The molecular weight excluding hydrogens is 305 g/mol. The lowest BCUT2D eigenvalue weighted by Crippen LogP contribution is -2.29. The lowest BCUT2D eigenvalue weighted by atomic mass is 10.3. The molecule has 1 fully saturated rings. The second-order valence-corrected chi connectivity index (χ2v) is 6.77. The molecule has 0 radical (unpaired) electrons. The summed E-state index contributed by atoms with van der Waals surface area (Å²) in [7, 11) is 0. The predicted molar refractivity (Wildman–Crippen MR) is 89.3 cm³/mol. The minimum absolute atomic E-state index is 0.121. The van der Waals surface area contributed by atoms with Gasteiger partial charge in [0.1, 0.15) is 11.3 Å². The number of imidazole rings is 1. The van der Waals surface area contributed by atoms with Crippen molar-refractivity contribution in [2.75, 3.05) is 13.1 Å². The average molecular weight is 326 g/mol. The van der Waals surface area contributed by atoms with Gasteiger partial charge in [0.15, 0.2) is 0 Å². The Kier molecular flexibility index (Phi) is 4.43. The molecule has 0 spiro atoms. The zero-order chi connectivity index (χ0) is 15.0. The maximum Gasteiger partial charge on any atom is 0.127 e. The summed E-state index contributed by atoms with van der Waals surface area (Å²) < 4.78 is 2.23. The Morgan fingerprint density at radius 1 is 1.43 bits per heavy atom. The van der Waals surface area contributed by atoms with Crippen LogP contribution in [0.3, 0.4) is 0 Å². The number of fused-ring (bicyclic) bond motifs is 1. The molecule has 1 heterocycles. The lowest BCUT2D eigenvalue weighted by Gasteiger charge is -2.21. The van der Waals surface area contributed by atoms with Gasteiger partial charge in [0, 0.05) is 19.1 Å². The molecular formula is C16H21Cl2N3. The summed E-state index contributed by atoms with van der Waals surface area (Å²) >= 11 is 12.6. The second kappa shape index (κ2) is 6.15. The minimum atomic E-state index is -0.121. The third kappa shape index (κ3) is 3.05. The van der Waals surface area contributed by atoms with E-state index >= 15 is 0 Å². The van der Waals surface area contributed by atoms with Crippen molar-refractivity contribution in [2.24, 2.45) is 0 Å². The lowest BCUT2D eigenvalue weighted by molar-refractivity contribution is 0.266. The fourth-order valence-electron chi connectivity index (χ4n) is 2.94. The van der Waals surface area contributed by atoms with Crippen LogP contribution in [0.15, 0.2) is 18.2 Å². The molecule has 1 unspecified atom stereocenters. The van der Waals surface area contributed by atoms with Crippen molar-refractivity contribution in [3.63, 3.8) is 0 Å². The van der Waals surface area contributed by atoms with Crippen molar-refractivity contribution >= 4 is 34.2 Å². The molecule has 1 saturated carbocycles. The Labute approximate surface area is 135 Å². The van der Waals surface area contributed by atoms with Crippen molar-refractivity contribution in [1.82, 2.24) is 14.5 Å². The van der Waals surface area contributed by atoms with Gasteiger partial charge in [0.05, 0.1) is 15.9 Å². The minimum Gasteiger partial charge on any atom is -0.325 e. The van der Waals surface area contributed by atoms with Crippen molar-refractivity contribution in [3.8, 4) is 0 Å². The maximum absolute atomic E-state index is 6.32. The molecule has 5 heteroatoms. The molecule has 21 heavy (non-hydrogen) atoms. The Balaban J connectivity index is 1.91. The largest absolute Gasteiger partial charge is 0.325 e. The monoisotopic (exact) mass is 325 g/mol. The fourth-order valence-corrected chi connectivity index (χ4v) is 3.31. The van der Waals surface area contributed by atoms with E-state index in [0.29, 0.717) is 5.02 Å². The molecule has 0 amide bonds. The summed E-state index contributed by atoms with van der Waals surface area (Å²) in [6.07, 6.45) is 2.67. The first kappa shape index (κ1) is 15.1. The van der Waals surface area contributed by atoms with Gasteiger partial charge >= 0.3 is 0 Å². The summed E-state index contributed by atoms with van der Waals surface area (Å²) in [6.45, 7) is 7.24. The van der Waals surface area contributed by atoms with E-state index in [2.05, 4.69) is 27.4 Å². The fraction of sp³-hybridized carbons (Fsp3) is 0.562. The molecule has 1 aromatic carbocycles. The third-order valence-electron chi connectivity index (χ3n) is 4.20. The second-order valence-electron chi connectivity index (χ2n) is 5.70. The molecule has 1 aliphatic carbocycles. The molecule has 0 N–H and O–H groups in total. The van der Waals surface area contributed by atoms with Gasteiger partial charge in [0.25, 0.3) is 0 Å². The average Bonchev–Trinajstić information content (AvgIpc) is 3.21. The molecule has 0 bridgehead atoms. The van der Waals surface area contributed by atoms with E-state index in [9.17, 15) is 0 Å². The van der Waals surface area contributed by atoms with Crippen LogP contribution in [-0.2, 0) is 6.54 Å². The van der Waals surface area contributed by atoms with Crippen LogP contribution in [0.25, 0.3) is 11.0 Å². The number of aromatic nitrogens is 2. The van der Waals surface area contributed by atoms with Crippen molar-refractivity contribution in [3.05, 3.63) is 29.0 Å². The van der Waals surface area contributed by atoms with Crippen LogP contribution in [0.4, 0.5) is 0 Å². The van der Waals surface area contributed by atoms with E-state index < -0.39 is 0 Å². The van der Waals surface area contributed by atoms with Crippen molar-refractivity contribution in [2.45, 2.75) is 44.7 Å². The predicted octanol–water partition coefficient (Wildman–Crippen LogP) is 4.47. The van der Waals surface area contributed by atoms with Gasteiger partial charge < -0.3 is 4.57 Å². The highest BCUT2D eigenvalue weighted by atomic mass is 35.5. The first-order valence-electron chi connectivity index (χ1n) is 7.64. The number of nitrogens with zero attached hydrogens (tertiary/aromatic N) is 3. The van der Waals surface area contributed by atoms with E-state index in [0.717, 1.165) is 42.5 Å². The Bertz CT molecular complexity index is 632. The molecule has 1 aliphatic rings. The van der Waals surface area contributed by atoms with Crippen LogP contribution >= 0.6 is 23.2 Å². The number of hydrogen-bond donors (Lipinski definition) is 0. The number of benzene rings is 1. The van der Waals surface area contributed by atoms with E-state index in [-0.39, 0.29) is 5.38 Å². The van der Waals surface area contributed by atoms with Gasteiger partial charge in [0.2, 0.25) is 0 Å². The molecule has 2 aromatic rings. The van der Waals surface area contributed by atoms with Crippen LogP contribution < -0.4 is 0 Å². The zero-order valence-corrected chi connectivity index (χ0v) is 14.0. The highest BCUT2D eigenvalue weighted by Gasteiger charge is 2.27. The number of halogens is 2. The zero-order valence-electron chi connectivity index (χ0n) is 12.5. The first-order chi connectivity index (χ1) is 10.1. The van der Waals surface area contributed by atoms with E-state index in [1.54, 1.807) is 0 Å². The Hall–Kier alpha value is -0.770. The SMILES string of the molecule is CCN(CCn1c(C(C)Cl)nc2c(Cl)cccc21)C1CC1. The van der Waals surface area contributed by atoms with E-state index in [1.165, 1.54) is 12.8 Å². The quantitative estimate of drug-likeness (QED) is 0.730. The normalized spacial score (nSPS) is 16.8. The van der Waals surface area contributed by atoms with Crippen molar-refractivity contribution < 1.29 is 0 Å².